The first-order valence-corrected chi connectivity index (χ1v) is 12.7. The molecule has 162 valence electrons. The zero-order chi connectivity index (χ0) is 21.2. The van der Waals surface area contributed by atoms with Gasteiger partial charge in [-0.15, -0.1) is 23.1 Å². The van der Waals surface area contributed by atoms with Crippen molar-refractivity contribution in [3.63, 3.8) is 0 Å². The largest absolute Gasteiger partial charge is 0.357 e. The SMILES string of the molecule is O=C(CSCc1nc2sc3c(c2c(=O)[nH]1)CCC3)NCc1ccc(N2CCCC2)nc1. The van der Waals surface area contributed by atoms with Crippen LogP contribution in [0.1, 0.15) is 41.1 Å². The fraction of sp³-hybridized carbons (Fsp3) is 0.455. The number of H-pyrrole nitrogens is 1. The second kappa shape index (κ2) is 9.00. The van der Waals surface area contributed by atoms with Crippen molar-refractivity contribution in [3.05, 3.63) is 50.5 Å². The Kier molecular flexibility index (Phi) is 5.95. The highest BCUT2D eigenvalue weighted by atomic mass is 32.2. The summed E-state index contributed by atoms with van der Waals surface area (Å²) in [7, 11) is 0. The number of thiophene rings is 1. The van der Waals surface area contributed by atoms with Crippen LogP contribution in [0.2, 0.25) is 0 Å². The lowest BCUT2D eigenvalue weighted by Crippen LogP contribution is -2.25. The summed E-state index contributed by atoms with van der Waals surface area (Å²) in [5.74, 6) is 2.44. The number of hydrogen-bond donors (Lipinski definition) is 2. The first kappa shape index (κ1) is 20.5. The van der Waals surface area contributed by atoms with Gasteiger partial charge in [-0.05, 0) is 49.3 Å². The lowest BCUT2D eigenvalue weighted by atomic mass is 10.2. The fourth-order valence-corrected chi connectivity index (χ4v) is 6.26. The summed E-state index contributed by atoms with van der Waals surface area (Å²) in [5.41, 5.74) is 2.13. The van der Waals surface area contributed by atoms with E-state index >= 15 is 0 Å². The quantitative estimate of drug-likeness (QED) is 0.569. The van der Waals surface area contributed by atoms with E-state index in [4.69, 9.17) is 0 Å². The van der Waals surface area contributed by atoms with Gasteiger partial charge in [0, 0.05) is 30.7 Å². The number of pyridine rings is 1. The third-order valence-corrected chi connectivity index (χ3v) is 7.95. The number of rotatable bonds is 7. The van der Waals surface area contributed by atoms with Crippen molar-refractivity contribution in [2.75, 3.05) is 23.7 Å². The van der Waals surface area contributed by atoms with Crippen molar-refractivity contribution >= 4 is 45.0 Å². The first-order valence-electron chi connectivity index (χ1n) is 10.7. The molecular weight excluding hydrogens is 430 g/mol. The number of carbonyl (C=O) groups excluding carboxylic acids is 1. The minimum Gasteiger partial charge on any atom is -0.357 e. The van der Waals surface area contributed by atoms with Gasteiger partial charge in [-0.2, -0.15) is 0 Å². The Labute approximate surface area is 188 Å². The zero-order valence-electron chi connectivity index (χ0n) is 17.3. The number of aryl methyl sites for hydroxylation is 2. The second-order valence-electron chi connectivity index (χ2n) is 8.04. The third kappa shape index (κ3) is 4.48. The highest BCUT2D eigenvalue weighted by Crippen LogP contribution is 2.34. The van der Waals surface area contributed by atoms with E-state index in [2.05, 4.69) is 25.2 Å². The Bertz CT molecular complexity index is 1150. The Morgan fingerprint density at radius 3 is 2.90 bits per heavy atom. The molecule has 0 spiro atoms. The molecule has 2 aliphatic rings. The molecule has 3 aromatic heterocycles. The van der Waals surface area contributed by atoms with Crippen LogP contribution in [0.5, 0.6) is 0 Å². The van der Waals surface area contributed by atoms with E-state index in [1.165, 1.54) is 35.0 Å². The second-order valence-corrected chi connectivity index (χ2v) is 10.1. The molecule has 0 saturated carbocycles. The fourth-order valence-electron chi connectivity index (χ4n) is 4.26. The van der Waals surface area contributed by atoms with E-state index in [-0.39, 0.29) is 11.5 Å². The molecule has 1 fully saturated rings. The number of anilines is 1. The van der Waals surface area contributed by atoms with Crippen LogP contribution in [-0.4, -0.2) is 39.7 Å². The molecule has 1 aliphatic carbocycles. The number of aromatic nitrogens is 3. The maximum absolute atomic E-state index is 12.5. The summed E-state index contributed by atoms with van der Waals surface area (Å²) in [6.45, 7) is 2.61. The summed E-state index contributed by atoms with van der Waals surface area (Å²) < 4.78 is 0. The smallest absolute Gasteiger partial charge is 0.259 e. The minimum absolute atomic E-state index is 0.0351. The van der Waals surface area contributed by atoms with Crippen molar-refractivity contribution < 1.29 is 4.79 Å². The van der Waals surface area contributed by atoms with Gasteiger partial charge in [-0.1, -0.05) is 6.07 Å². The van der Waals surface area contributed by atoms with Crippen LogP contribution in [-0.2, 0) is 29.9 Å². The molecule has 2 N–H and O–H groups in total. The standard InChI is InChI=1S/C22H25N5O2S2/c28-19(24-11-14-6-7-18(23-10-14)27-8-1-2-9-27)13-30-12-17-25-21(29)20-15-4-3-5-16(15)31-22(20)26-17/h6-7,10H,1-5,8-9,11-13H2,(H,24,28)(H,25,26,29). The van der Waals surface area contributed by atoms with Crippen LogP contribution in [0.15, 0.2) is 23.1 Å². The lowest BCUT2D eigenvalue weighted by molar-refractivity contribution is -0.118. The van der Waals surface area contributed by atoms with E-state index < -0.39 is 0 Å². The van der Waals surface area contributed by atoms with Crippen molar-refractivity contribution in [2.24, 2.45) is 0 Å². The maximum atomic E-state index is 12.5. The molecule has 9 heteroatoms. The molecule has 1 amide bonds. The molecule has 1 saturated heterocycles. The van der Waals surface area contributed by atoms with E-state index in [0.29, 0.717) is 23.9 Å². The van der Waals surface area contributed by atoms with Crippen LogP contribution in [0.25, 0.3) is 10.2 Å². The van der Waals surface area contributed by atoms with Crippen LogP contribution in [0.4, 0.5) is 5.82 Å². The molecule has 5 rings (SSSR count). The molecule has 0 unspecified atom stereocenters. The van der Waals surface area contributed by atoms with E-state index in [9.17, 15) is 9.59 Å². The average molecular weight is 456 g/mol. The van der Waals surface area contributed by atoms with Crippen LogP contribution in [0, 0.1) is 0 Å². The third-order valence-electron chi connectivity index (χ3n) is 5.82. The van der Waals surface area contributed by atoms with Gasteiger partial charge in [-0.25, -0.2) is 9.97 Å². The topological polar surface area (TPSA) is 91.0 Å². The van der Waals surface area contributed by atoms with Gasteiger partial charge < -0.3 is 15.2 Å². The number of amides is 1. The molecule has 0 radical (unpaired) electrons. The molecular formula is C22H25N5O2S2. The highest BCUT2D eigenvalue weighted by molar-refractivity contribution is 7.99. The molecule has 1 aliphatic heterocycles. The number of thioether (sulfide) groups is 1. The summed E-state index contributed by atoms with van der Waals surface area (Å²) in [6.07, 6.45) is 7.44. The monoisotopic (exact) mass is 455 g/mol. The van der Waals surface area contributed by atoms with Crippen LogP contribution in [0.3, 0.4) is 0 Å². The first-order chi connectivity index (χ1) is 15.2. The van der Waals surface area contributed by atoms with Crippen molar-refractivity contribution in [2.45, 2.75) is 44.4 Å². The molecule has 31 heavy (non-hydrogen) atoms. The minimum atomic E-state index is -0.0469. The molecule has 0 bridgehead atoms. The van der Waals surface area contributed by atoms with Crippen LogP contribution >= 0.6 is 23.1 Å². The van der Waals surface area contributed by atoms with Gasteiger partial charge >= 0.3 is 0 Å². The van der Waals surface area contributed by atoms with Gasteiger partial charge in [0.25, 0.3) is 5.56 Å². The summed E-state index contributed by atoms with van der Waals surface area (Å²) in [5, 5.41) is 3.71. The average Bonchev–Trinajstić information content (AvgIpc) is 3.50. The Morgan fingerprint density at radius 2 is 2.10 bits per heavy atom. The Morgan fingerprint density at radius 1 is 1.23 bits per heavy atom. The normalized spacial score (nSPS) is 15.5. The number of carbonyl (C=O) groups is 1. The Hall–Kier alpha value is -2.39. The molecule has 0 aromatic carbocycles. The van der Waals surface area contributed by atoms with Crippen molar-refractivity contribution in [3.8, 4) is 0 Å². The van der Waals surface area contributed by atoms with E-state index in [1.807, 2.05) is 18.3 Å². The number of aromatic amines is 1. The predicted molar refractivity (Wildman–Crippen MR) is 126 cm³/mol. The number of hydrogen-bond acceptors (Lipinski definition) is 7. The van der Waals surface area contributed by atoms with Gasteiger partial charge in [-0.3, -0.25) is 9.59 Å². The summed E-state index contributed by atoms with van der Waals surface area (Å²) in [6, 6.07) is 4.05. The van der Waals surface area contributed by atoms with Gasteiger partial charge in [0.15, 0.2) is 0 Å². The van der Waals surface area contributed by atoms with Crippen LogP contribution < -0.4 is 15.8 Å². The zero-order valence-corrected chi connectivity index (χ0v) is 18.9. The molecule has 0 atom stereocenters. The van der Waals surface area contributed by atoms with E-state index in [1.54, 1.807) is 11.3 Å². The maximum Gasteiger partial charge on any atom is 0.259 e. The Balaban J connectivity index is 1.11. The number of nitrogens with one attached hydrogen (secondary N) is 2. The predicted octanol–water partition coefficient (Wildman–Crippen LogP) is 3.02. The molecule has 4 heterocycles. The summed E-state index contributed by atoms with van der Waals surface area (Å²) >= 11 is 3.10. The van der Waals surface area contributed by atoms with E-state index in [0.717, 1.165) is 53.9 Å². The number of nitrogens with zero attached hydrogens (tertiary/aromatic N) is 3. The summed E-state index contributed by atoms with van der Waals surface area (Å²) in [4.78, 5) is 41.2. The van der Waals surface area contributed by atoms with Crippen molar-refractivity contribution in [1.82, 2.24) is 20.3 Å². The highest BCUT2D eigenvalue weighted by Gasteiger charge is 2.21. The molecule has 7 nitrogen and oxygen atoms in total. The number of fused-ring (bicyclic) bond motifs is 3. The van der Waals surface area contributed by atoms with Gasteiger partial charge in [0.2, 0.25) is 5.91 Å². The van der Waals surface area contributed by atoms with Gasteiger partial charge in [0.1, 0.15) is 16.5 Å². The van der Waals surface area contributed by atoms with Crippen molar-refractivity contribution in [1.29, 1.82) is 0 Å². The molecule has 3 aromatic rings. The lowest BCUT2D eigenvalue weighted by Gasteiger charge is -2.16. The van der Waals surface area contributed by atoms with Gasteiger partial charge in [0.05, 0.1) is 16.9 Å².